The van der Waals surface area contributed by atoms with E-state index in [-0.39, 0.29) is 23.4 Å². The standard InChI is InChI=1S/C24H22ClN3O3/c1-24(2,3)31-23(29)21-20(22-27-14-19(30-22)16-7-5-4-6-8-16)28-18(13-26-21)15-9-11-17(25)12-10-15/h4-13,19H,14H2,1-3H3. The van der Waals surface area contributed by atoms with Crippen molar-refractivity contribution in [3.8, 4) is 11.3 Å². The fourth-order valence-corrected chi connectivity index (χ4v) is 3.25. The second-order valence-electron chi connectivity index (χ2n) is 8.12. The van der Waals surface area contributed by atoms with Crippen molar-refractivity contribution in [1.82, 2.24) is 9.97 Å². The van der Waals surface area contributed by atoms with Gasteiger partial charge < -0.3 is 9.47 Å². The van der Waals surface area contributed by atoms with E-state index >= 15 is 0 Å². The smallest absolute Gasteiger partial charge is 0.359 e. The Hall–Kier alpha value is -3.25. The highest BCUT2D eigenvalue weighted by molar-refractivity contribution is 6.30. The zero-order valence-electron chi connectivity index (χ0n) is 17.5. The number of hydrogen-bond acceptors (Lipinski definition) is 6. The quantitative estimate of drug-likeness (QED) is 0.522. The topological polar surface area (TPSA) is 73.7 Å². The second-order valence-corrected chi connectivity index (χ2v) is 8.56. The van der Waals surface area contributed by atoms with Gasteiger partial charge in [0.2, 0.25) is 5.90 Å². The SMILES string of the molecule is CC(C)(C)OC(=O)c1ncc(-c2ccc(Cl)cc2)nc1C1=NCC(c2ccccc2)O1. The second kappa shape index (κ2) is 8.47. The minimum atomic E-state index is -0.671. The van der Waals surface area contributed by atoms with Crippen molar-refractivity contribution in [2.24, 2.45) is 4.99 Å². The summed E-state index contributed by atoms with van der Waals surface area (Å²) in [5.41, 5.74) is 2.05. The third-order valence-electron chi connectivity index (χ3n) is 4.53. The first-order chi connectivity index (χ1) is 14.8. The summed E-state index contributed by atoms with van der Waals surface area (Å²) in [6, 6.07) is 17.0. The van der Waals surface area contributed by atoms with Crippen LogP contribution in [0.2, 0.25) is 5.02 Å². The number of halogens is 1. The van der Waals surface area contributed by atoms with E-state index in [1.54, 1.807) is 32.9 Å². The molecule has 2 aromatic carbocycles. The Labute approximate surface area is 185 Å². The van der Waals surface area contributed by atoms with Crippen molar-refractivity contribution < 1.29 is 14.3 Å². The Morgan fingerprint density at radius 3 is 2.48 bits per heavy atom. The van der Waals surface area contributed by atoms with Crippen LogP contribution < -0.4 is 0 Å². The number of benzene rings is 2. The molecule has 1 aromatic heterocycles. The summed E-state index contributed by atoms with van der Waals surface area (Å²) in [5, 5.41) is 0.622. The zero-order chi connectivity index (χ0) is 22.0. The van der Waals surface area contributed by atoms with Gasteiger partial charge in [-0.3, -0.25) is 0 Å². The molecule has 4 rings (SSSR count). The van der Waals surface area contributed by atoms with Crippen LogP contribution in [-0.4, -0.2) is 34.0 Å². The van der Waals surface area contributed by atoms with Crippen molar-refractivity contribution >= 4 is 23.5 Å². The highest BCUT2D eigenvalue weighted by atomic mass is 35.5. The van der Waals surface area contributed by atoms with Crippen molar-refractivity contribution in [1.29, 1.82) is 0 Å². The lowest BCUT2D eigenvalue weighted by molar-refractivity contribution is 0.00615. The molecule has 1 atom stereocenters. The normalized spacial score (nSPS) is 15.9. The number of esters is 1. The van der Waals surface area contributed by atoms with Crippen LogP contribution >= 0.6 is 11.6 Å². The Kier molecular flexibility index (Phi) is 5.74. The van der Waals surface area contributed by atoms with E-state index in [1.807, 2.05) is 42.5 Å². The molecule has 6 nitrogen and oxygen atoms in total. The molecule has 0 bridgehead atoms. The molecule has 1 aliphatic rings. The summed E-state index contributed by atoms with van der Waals surface area (Å²) in [4.78, 5) is 26.4. The van der Waals surface area contributed by atoms with Gasteiger partial charge in [-0.1, -0.05) is 54.1 Å². The van der Waals surface area contributed by atoms with Gasteiger partial charge in [0, 0.05) is 10.6 Å². The fraction of sp³-hybridized carbons (Fsp3) is 0.250. The highest BCUT2D eigenvalue weighted by Gasteiger charge is 2.30. The lowest BCUT2D eigenvalue weighted by Gasteiger charge is -2.20. The number of carbonyl (C=O) groups is 1. The number of aliphatic imine (C=N–C) groups is 1. The van der Waals surface area contributed by atoms with Crippen molar-refractivity contribution in [3.05, 3.63) is 82.8 Å². The molecule has 1 unspecified atom stereocenters. The molecule has 7 heteroatoms. The summed E-state index contributed by atoms with van der Waals surface area (Å²) >= 11 is 6.00. The van der Waals surface area contributed by atoms with Gasteiger partial charge in [-0.25, -0.2) is 19.8 Å². The molecule has 0 aliphatic carbocycles. The first kappa shape index (κ1) is 21.0. The first-order valence-corrected chi connectivity index (χ1v) is 10.3. The molecule has 0 saturated heterocycles. The maximum atomic E-state index is 12.8. The third kappa shape index (κ3) is 4.91. The number of carbonyl (C=O) groups excluding carboxylic acids is 1. The monoisotopic (exact) mass is 435 g/mol. The summed E-state index contributed by atoms with van der Waals surface area (Å²) < 4.78 is 11.6. The van der Waals surface area contributed by atoms with Crippen LogP contribution in [0, 0.1) is 0 Å². The molecular weight excluding hydrogens is 414 g/mol. The predicted octanol–water partition coefficient (Wildman–Crippen LogP) is 5.27. The van der Waals surface area contributed by atoms with Gasteiger partial charge in [0.05, 0.1) is 18.4 Å². The van der Waals surface area contributed by atoms with Crippen LogP contribution in [0.25, 0.3) is 11.3 Å². The molecule has 31 heavy (non-hydrogen) atoms. The summed E-state index contributed by atoms with van der Waals surface area (Å²) in [6.07, 6.45) is 1.29. The maximum absolute atomic E-state index is 12.8. The van der Waals surface area contributed by atoms with Gasteiger partial charge in [0.1, 0.15) is 11.7 Å². The Morgan fingerprint density at radius 2 is 1.81 bits per heavy atom. The van der Waals surface area contributed by atoms with Gasteiger partial charge >= 0.3 is 5.97 Å². The fourth-order valence-electron chi connectivity index (χ4n) is 3.12. The molecule has 1 aliphatic heterocycles. The summed E-state index contributed by atoms with van der Waals surface area (Å²) in [6.45, 7) is 5.83. The Bertz CT molecular complexity index is 1120. The maximum Gasteiger partial charge on any atom is 0.359 e. The van der Waals surface area contributed by atoms with E-state index < -0.39 is 11.6 Å². The lowest BCUT2D eigenvalue weighted by Crippen LogP contribution is -2.26. The van der Waals surface area contributed by atoms with E-state index in [9.17, 15) is 4.79 Å². The van der Waals surface area contributed by atoms with E-state index in [0.29, 0.717) is 17.3 Å². The number of hydrogen-bond donors (Lipinski definition) is 0. The van der Waals surface area contributed by atoms with Gasteiger partial charge in [0.15, 0.2) is 11.4 Å². The largest absolute Gasteiger partial charge is 0.466 e. The van der Waals surface area contributed by atoms with Crippen LogP contribution in [0.4, 0.5) is 0 Å². The Morgan fingerprint density at radius 1 is 1.10 bits per heavy atom. The van der Waals surface area contributed by atoms with Gasteiger partial charge in [-0.15, -0.1) is 0 Å². The van der Waals surface area contributed by atoms with E-state index in [4.69, 9.17) is 21.1 Å². The van der Waals surface area contributed by atoms with Gasteiger partial charge in [-0.2, -0.15) is 0 Å². The predicted molar refractivity (Wildman–Crippen MR) is 119 cm³/mol. The van der Waals surface area contributed by atoms with Crippen LogP contribution in [0.1, 0.15) is 48.6 Å². The third-order valence-corrected chi connectivity index (χ3v) is 4.79. The van der Waals surface area contributed by atoms with Crippen LogP contribution in [-0.2, 0) is 9.47 Å². The highest BCUT2D eigenvalue weighted by Crippen LogP contribution is 2.27. The molecule has 2 heterocycles. The minimum Gasteiger partial charge on any atom is -0.466 e. The molecule has 158 valence electrons. The van der Waals surface area contributed by atoms with Crippen molar-refractivity contribution in [3.63, 3.8) is 0 Å². The molecule has 0 spiro atoms. The van der Waals surface area contributed by atoms with Crippen LogP contribution in [0.3, 0.4) is 0 Å². The molecule has 0 amide bonds. The number of rotatable bonds is 4. The average molecular weight is 436 g/mol. The molecule has 0 saturated carbocycles. The molecular formula is C24H22ClN3O3. The van der Waals surface area contributed by atoms with Crippen LogP contribution in [0.5, 0.6) is 0 Å². The summed E-state index contributed by atoms with van der Waals surface area (Å²) in [5.74, 6) is -0.301. The first-order valence-electron chi connectivity index (χ1n) is 9.93. The molecule has 0 fully saturated rings. The summed E-state index contributed by atoms with van der Waals surface area (Å²) in [7, 11) is 0. The van der Waals surface area contributed by atoms with Crippen molar-refractivity contribution in [2.75, 3.05) is 6.54 Å². The van der Waals surface area contributed by atoms with Gasteiger partial charge in [-0.05, 0) is 38.5 Å². The lowest BCUT2D eigenvalue weighted by atomic mass is 10.1. The van der Waals surface area contributed by atoms with Gasteiger partial charge in [0.25, 0.3) is 0 Å². The Balaban J connectivity index is 1.71. The molecule has 3 aromatic rings. The zero-order valence-corrected chi connectivity index (χ0v) is 18.3. The van der Waals surface area contributed by atoms with E-state index in [1.165, 1.54) is 6.20 Å². The average Bonchev–Trinajstić information content (AvgIpc) is 3.23. The van der Waals surface area contributed by atoms with Crippen molar-refractivity contribution in [2.45, 2.75) is 32.5 Å². The number of ether oxygens (including phenoxy) is 2. The number of nitrogens with zero attached hydrogens (tertiary/aromatic N) is 3. The number of aromatic nitrogens is 2. The van der Waals surface area contributed by atoms with E-state index in [0.717, 1.165) is 11.1 Å². The van der Waals surface area contributed by atoms with E-state index in [2.05, 4.69) is 15.0 Å². The van der Waals surface area contributed by atoms with Crippen LogP contribution in [0.15, 0.2) is 65.8 Å². The molecule has 0 N–H and O–H groups in total. The minimum absolute atomic E-state index is 0.0695. The molecule has 0 radical (unpaired) electrons.